The summed E-state index contributed by atoms with van der Waals surface area (Å²) in [7, 11) is 0. The number of nitrogens with one attached hydrogen (secondary N) is 3. The highest BCUT2D eigenvalue weighted by Crippen LogP contribution is 2.51. The normalized spacial score (nSPS) is 31.6. The summed E-state index contributed by atoms with van der Waals surface area (Å²) in [5, 5.41) is 17.9. The topological polar surface area (TPSA) is 94.0 Å². The minimum Gasteiger partial charge on any atom is -0.356 e. The highest BCUT2D eigenvalue weighted by Gasteiger charge is 2.50. The lowest BCUT2D eigenvalue weighted by Crippen LogP contribution is -2.45. The van der Waals surface area contributed by atoms with Gasteiger partial charge in [0.2, 0.25) is 11.8 Å². The zero-order chi connectivity index (χ0) is 14.2. The van der Waals surface area contributed by atoms with Crippen molar-refractivity contribution in [2.75, 3.05) is 13.1 Å². The van der Waals surface area contributed by atoms with Crippen LogP contribution in [0.1, 0.15) is 32.1 Å². The molecule has 3 atom stereocenters. The molecule has 2 amide bonds. The summed E-state index contributed by atoms with van der Waals surface area (Å²) in [6.45, 7) is 1.58. The molecule has 1 saturated carbocycles. The molecule has 2 heterocycles. The van der Waals surface area contributed by atoms with E-state index >= 15 is 0 Å². The molecule has 1 unspecified atom stereocenters. The Morgan fingerprint density at radius 2 is 2.35 bits per heavy atom. The minimum atomic E-state index is -0.575. The number of rotatable bonds is 4. The van der Waals surface area contributed by atoms with Crippen molar-refractivity contribution in [2.45, 2.75) is 44.2 Å². The van der Waals surface area contributed by atoms with Crippen LogP contribution in [0.5, 0.6) is 0 Å². The highest BCUT2D eigenvalue weighted by molar-refractivity contribution is 5.83. The van der Waals surface area contributed by atoms with Crippen molar-refractivity contribution in [1.29, 1.82) is 5.26 Å². The molecule has 3 aliphatic rings. The number of nitrogens with zero attached hydrogens (tertiary/aromatic N) is 1. The smallest absolute Gasteiger partial charge is 0.238 e. The molecule has 3 N–H and O–H groups in total. The summed E-state index contributed by atoms with van der Waals surface area (Å²) < 4.78 is 0. The van der Waals surface area contributed by atoms with Crippen LogP contribution in [0.3, 0.4) is 0 Å². The Morgan fingerprint density at radius 3 is 2.90 bits per heavy atom. The number of hydrogen-bond donors (Lipinski definition) is 3. The van der Waals surface area contributed by atoms with Gasteiger partial charge >= 0.3 is 0 Å². The van der Waals surface area contributed by atoms with Gasteiger partial charge in [0.05, 0.1) is 12.1 Å². The van der Waals surface area contributed by atoms with E-state index in [9.17, 15) is 9.59 Å². The molecule has 0 aromatic rings. The first-order valence-electron chi connectivity index (χ1n) is 7.33. The molecule has 0 aromatic carbocycles. The van der Waals surface area contributed by atoms with Gasteiger partial charge in [-0.25, -0.2) is 0 Å². The third-order valence-corrected chi connectivity index (χ3v) is 4.79. The van der Waals surface area contributed by atoms with E-state index in [1.807, 2.05) is 0 Å². The summed E-state index contributed by atoms with van der Waals surface area (Å²) in [4.78, 5) is 23.7. The fourth-order valence-electron chi connectivity index (χ4n) is 3.23. The highest BCUT2D eigenvalue weighted by atomic mass is 16.2. The molecule has 6 nitrogen and oxygen atoms in total. The second-order valence-electron chi connectivity index (χ2n) is 6.34. The first-order chi connectivity index (χ1) is 9.62. The summed E-state index contributed by atoms with van der Waals surface area (Å²) in [6, 6.07) is 1.35. The van der Waals surface area contributed by atoms with Crippen molar-refractivity contribution >= 4 is 11.8 Å². The molecule has 20 heavy (non-hydrogen) atoms. The summed E-state index contributed by atoms with van der Waals surface area (Å²) in [5.74, 6) is -0.250. The van der Waals surface area contributed by atoms with Crippen molar-refractivity contribution in [3.8, 4) is 6.07 Å². The molecule has 2 saturated heterocycles. The molecule has 2 aliphatic heterocycles. The minimum absolute atomic E-state index is 0.00424. The van der Waals surface area contributed by atoms with Gasteiger partial charge in [0.1, 0.15) is 6.04 Å². The van der Waals surface area contributed by atoms with Crippen molar-refractivity contribution in [1.82, 2.24) is 16.0 Å². The molecule has 3 fully saturated rings. The Morgan fingerprint density at radius 1 is 1.55 bits per heavy atom. The van der Waals surface area contributed by atoms with E-state index in [4.69, 9.17) is 5.26 Å². The lowest BCUT2D eigenvalue weighted by atomic mass is 9.98. The number of hydrogen-bond acceptors (Lipinski definition) is 4. The van der Waals surface area contributed by atoms with Crippen LogP contribution in [0.15, 0.2) is 0 Å². The summed E-state index contributed by atoms with van der Waals surface area (Å²) >= 11 is 0. The maximum absolute atomic E-state index is 12.2. The Labute approximate surface area is 118 Å². The molecule has 1 aliphatic carbocycles. The van der Waals surface area contributed by atoms with Crippen molar-refractivity contribution in [3.05, 3.63) is 0 Å². The molecule has 0 aromatic heterocycles. The number of amides is 2. The summed E-state index contributed by atoms with van der Waals surface area (Å²) in [6.07, 6.45) is 4.44. The molecule has 0 bridgehead atoms. The average molecular weight is 276 g/mol. The van der Waals surface area contributed by atoms with Crippen LogP contribution in [0.2, 0.25) is 0 Å². The Kier molecular flexibility index (Phi) is 3.38. The third kappa shape index (κ3) is 2.63. The molecule has 108 valence electrons. The van der Waals surface area contributed by atoms with E-state index < -0.39 is 6.04 Å². The van der Waals surface area contributed by atoms with Gasteiger partial charge in [0, 0.05) is 19.0 Å². The largest absolute Gasteiger partial charge is 0.356 e. The van der Waals surface area contributed by atoms with Crippen molar-refractivity contribution in [3.63, 3.8) is 0 Å². The van der Waals surface area contributed by atoms with Crippen molar-refractivity contribution < 1.29 is 9.59 Å². The van der Waals surface area contributed by atoms with Crippen LogP contribution in [-0.2, 0) is 9.59 Å². The Bertz CT molecular complexity index is 466. The fourth-order valence-corrected chi connectivity index (χ4v) is 3.23. The second kappa shape index (κ2) is 5.06. The maximum Gasteiger partial charge on any atom is 0.238 e. The van der Waals surface area contributed by atoms with Crippen molar-refractivity contribution in [2.24, 2.45) is 11.3 Å². The second-order valence-corrected chi connectivity index (χ2v) is 6.34. The van der Waals surface area contributed by atoms with E-state index in [2.05, 4.69) is 22.0 Å². The van der Waals surface area contributed by atoms with Gasteiger partial charge in [-0.2, -0.15) is 5.26 Å². The molecule has 3 rings (SSSR count). The molecule has 6 heteroatoms. The third-order valence-electron chi connectivity index (χ3n) is 4.79. The van der Waals surface area contributed by atoms with E-state index in [-0.39, 0.29) is 23.8 Å². The summed E-state index contributed by atoms with van der Waals surface area (Å²) in [5.41, 5.74) is 0.357. The lowest BCUT2D eigenvalue weighted by Gasteiger charge is -2.17. The first-order valence-corrected chi connectivity index (χ1v) is 7.33. The first kappa shape index (κ1) is 13.4. The van der Waals surface area contributed by atoms with Gasteiger partial charge in [-0.05, 0) is 37.5 Å². The van der Waals surface area contributed by atoms with Gasteiger partial charge in [-0.15, -0.1) is 0 Å². The zero-order valence-corrected chi connectivity index (χ0v) is 11.4. The quantitative estimate of drug-likeness (QED) is 0.655. The van der Waals surface area contributed by atoms with Crippen LogP contribution in [0.25, 0.3) is 0 Å². The van der Waals surface area contributed by atoms with Gasteiger partial charge < -0.3 is 16.0 Å². The average Bonchev–Trinajstić information content (AvgIpc) is 2.86. The fraction of sp³-hybridized carbons (Fsp3) is 0.786. The predicted octanol–water partition coefficient (Wildman–Crippen LogP) is -0.337. The lowest BCUT2D eigenvalue weighted by molar-refractivity contribution is -0.125. The van der Waals surface area contributed by atoms with Gasteiger partial charge in [0.25, 0.3) is 0 Å². The van der Waals surface area contributed by atoms with E-state index in [0.717, 1.165) is 19.4 Å². The molecular weight excluding hydrogens is 256 g/mol. The van der Waals surface area contributed by atoms with E-state index in [1.54, 1.807) is 0 Å². The number of carbonyl (C=O) groups is 2. The predicted molar refractivity (Wildman–Crippen MR) is 71.4 cm³/mol. The van der Waals surface area contributed by atoms with Gasteiger partial charge in [0.15, 0.2) is 0 Å². The standard InChI is InChI=1S/C14H20N4O2/c15-7-10(5-9-1-4-16-12(9)19)18-13(20)11-6-14(2-3-14)8-17-11/h9-11,17H,1-6,8H2,(H,16,19)(H,18,20)/t9-,10-,11?/m0/s1. The molecule has 0 radical (unpaired) electrons. The maximum atomic E-state index is 12.2. The SMILES string of the molecule is N#C[C@H](C[C@@H]1CCNC1=O)NC(=O)C1CC2(CC2)CN1. The zero-order valence-electron chi connectivity index (χ0n) is 11.4. The van der Waals surface area contributed by atoms with Crippen LogP contribution in [0, 0.1) is 22.7 Å². The van der Waals surface area contributed by atoms with Gasteiger partial charge in [-0.1, -0.05) is 0 Å². The van der Waals surface area contributed by atoms with E-state index in [1.165, 1.54) is 12.8 Å². The molecule has 1 spiro atoms. The number of carbonyl (C=O) groups excluding carboxylic acids is 2. The van der Waals surface area contributed by atoms with Crippen LogP contribution >= 0.6 is 0 Å². The van der Waals surface area contributed by atoms with Crippen LogP contribution < -0.4 is 16.0 Å². The number of nitriles is 1. The Hall–Kier alpha value is -1.61. The Balaban J connectivity index is 1.51. The van der Waals surface area contributed by atoms with E-state index in [0.29, 0.717) is 18.4 Å². The monoisotopic (exact) mass is 276 g/mol. The van der Waals surface area contributed by atoms with Gasteiger partial charge in [-0.3, -0.25) is 9.59 Å². The van der Waals surface area contributed by atoms with Crippen LogP contribution in [-0.4, -0.2) is 37.0 Å². The molecular formula is C14H20N4O2. The van der Waals surface area contributed by atoms with Crippen LogP contribution in [0.4, 0.5) is 0 Å².